The van der Waals surface area contributed by atoms with Crippen molar-refractivity contribution < 1.29 is 0 Å². The average Bonchev–Trinajstić information content (AvgIpc) is 3.13. The fourth-order valence-corrected chi connectivity index (χ4v) is 9.93. The van der Waals surface area contributed by atoms with Crippen LogP contribution < -0.4 is 21.2 Å². The molecule has 0 bridgehead atoms. The summed E-state index contributed by atoms with van der Waals surface area (Å²) >= 11 is 0. The van der Waals surface area contributed by atoms with E-state index in [4.69, 9.17) is 5.73 Å². The molecule has 3 heteroatoms. The third-order valence-electron chi connectivity index (χ3n) is 8.89. The zero-order valence-corrected chi connectivity index (χ0v) is 30.1. The van der Waals surface area contributed by atoms with E-state index in [9.17, 15) is 0 Å². The van der Waals surface area contributed by atoms with E-state index in [-0.39, 0.29) is 0 Å². The third-order valence-corrected chi connectivity index (χ3v) is 11.7. The number of anilines is 3. The first-order valence-corrected chi connectivity index (χ1v) is 18.7. The lowest BCUT2D eigenvalue weighted by Crippen LogP contribution is -2.23. The van der Waals surface area contributed by atoms with Crippen molar-refractivity contribution in [3.8, 4) is 22.3 Å². The van der Waals surface area contributed by atoms with Crippen molar-refractivity contribution in [2.75, 3.05) is 10.6 Å². The van der Waals surface area contributed by atoms with Crippen molar-refractivity contribution in [2.45, 2.75) is 59.7 Å². The maximum Gasteiger partial charge on any atom is 0.0647 e. The van der Waals surface area contributed by atoms with Crippen molar-refractivity contribution >= 4 is 47.7 Å². The largest absolute Gasteiger partial charge is 0.397 e. The molecular formula is C45H49N2P. The Bertz CT molecular complexity index is 1900. The minimum absolute atomic E-state index is 0.448. The number of allylic oxidation sites excluding steroid dienone is 3. The molecule has 1 aliphatic rings. The summed E-state index contributed by atoms with van der Waals surface area (Å²) in [6.07, 6.45) is 13.4. The molecule has 2 unspecified atom stereocenters. The Morgan fingerprint density at radius 3 is 2.19 bits per heavy atom. The highest BCUT2D eigenvalue weighted by Gasteiger charge is 2.28. The number of para-hydroxylation sites is 2. The van der Waals surface area contributed by atoms with E-state index in [0.717, 1.165) is 30.8 Å². The second kappa shape index (κ2) is 16.4. The maximum absolute atomic E-state index is 6.57. The average molecular weight is 649 g/mol. The van der Waals surface area contributed by atoms with E-state index in [1.165, 1.54) is 55.2 Å². The number of hydrogen-bond donors (Lipinski definition) is 1. The normalized spacial score (nSPS) is 13.4. The molecule has 6 rings (SSSR count). The highest BCUT2D eigenvalue weighted by Crippen LogP contribution is 2.48. The van der Waals surface area contributed by atoms with Crippen molar-refractivity contribution in [1.82, 2.24) is 0 Å². The first-order valence-electron chi connectivity index (χ1n) is 17.3. The molecule has 2 nitrogen and oxygen atoms in total. The van der Waals surface area contributed by atoms with Gasteiger partial charge < -0.3 is 10.6 Å². The van der Waals surface area contributed by atoms with E-state index in [2.05, 4.69) is 160 Å². The molecule has 0 aliphatic carbocycles. The van der Waals surface area contributed by atoms with Crippen molar-refractivity contribution in [3.63, 3.8) is 0 Å². The Balaban J connectivity index is 0.00000221. The fourth-order valence-electron chi connectivity index (χ4n) is 6.85. The van der Waals surface area contributed by atoms with E-state index in [0.29, 0.717) is 5.66 Å². The predicted octanol–water partition coefficient (Wildman–Crippen LogP) is 12.1. The van der Waals surface area contributed by atoms with Gasteiger partial charge in [-0.2, -0.15) is 0 Å². The molecule has 5 aromatic rings. The van der Waals surface area contributed by atoms with Crippen LogP contribution in [0.25, 0.3) is 34.4 Å². The molecule has 5 aromatic carbocycles. The molecule has 0 saturated carbocycles. The highest BCUT2D eigenvalue weighted by molar-refractivity contribution is 7.74. The number of nitrogens with zero attached hydrogens (tertiary/aromatic N) is 1. The lowest BCUT2D eigenvalue weighted by Gasteiger charge is -2.34. The Kier molecular flexibility index (Phi) is 11.9. The molecule has 0 fully saturated rings. The molecule has 1 heterocycles. The van der Waals surface area contributed by atoms with E-state index in [1.807, 2.05) is 26.0 Å². The molecule has 1 aliphatic heterocycles. The summed E-state index contributed by atoms with van der Waals surface area (Å²) in [5, 5.41) is 2.79. The second-order valence-corrected chi connectivity index (χ2v) is 14.2. The van der Waals surface area contributed by atoms with Crippen LogP contribution in [0.5, 0.6) is 0 Å². The number of hydrogen-bond acceptors (Lipinski definition) is 2. The number of rotatable bonds is 10. The van der Waals surface area contributed by atoms with Crippen LogP contribution in [0.2, 0.25) is 0 Å². The standard InChI is InChI=1S/C43H43N2P.C2H6/c1-5-16-33(17-6-2)46(34-20-10-9-11-21-34)43-28-27-37(38(18-7-3)35(43)8-4)31-25-26-39-36-22-13-12-19-32(36)30-45(42(39)29-31)41-24-15-14-23-40(41)44;1-2/h5,7-16,18-29,33H,4,6,17,30,44H2,1-3H3;1-2H3/b16-5-,18-7-;. The summed E-state index contributed by atoms with van der Waals surface area (Å²) in [4.78, 5) is 2.37. The van der Waals surface area contributed by atoms with Crippen LogP contribution in [0.15, 0.2) is 134 Å². The SMILES string of the molecule is C=Cc1c(P(c2ccccc2)C(/C=C\C)CCC)ccc(-c2ccc3c(c2)N(c2ccccc2N)Cc2ccccc2-3)c1/C=C\C.CC. The van der Waals surface area contributed by atoms with Crippen LogP contribution in [-0.4, -0.2) is 5.66 Å². The fraction of sp³-hybridized carbons (Fsp3) is 0.200. The van der Waals surface area contributed by atoms with E-state index >= 15 is 0 Å². The van der Waals surface area contributed by atoms with Gasteiger partial charge in [0.15, 0.2) is 0 Å². The Hall–Kier alpha value is -4.65. The van der Waals surface area contributed by atoms with Crippen molar-refractivity contribution in [3.05, 3.63) is 151 Å². The minimum Gasteiger partial charge on any atom is -0.397 e. The Labute approximate surface area is 290 Å². The van der Waals surface area contributed by atoms with Crippen LogP contribution in [0.1, 0.15) is 64.2 Å². The number of nitrogens with two attached hydrogens (primary N) is 1. The molecule has 2 atom stereocenters. The molecule has 0 spiro atoms. The molecule has 244 valence electrons. The summed E-state index contributed by atoms with van der Waals surface area (Å²) in [5.74, 6) is 0. The molecule has 48 heavy (non-hydrogen) atoms. The van der Waals surface area contributed by atoms with Gasteiger partial charge in [-0.15, -0.1) is 0 Å². The number of fused-ring (bicyclic) bond motifs is 3. The van der Waals surface area contributed by atoms with Gasteiger partial charge in [0.2, 0.25) is 0 Å². The Morgan fingerprint density at radius 2 is 1.48 bits per heavy atom. The first-order chi connectivity index (χ1) is 23.6. The van der Waals surface area contributed by atoms with Gasteiger partial charge in [0.25, 0.3) is 0 Å². The highest BCUT2D eigenvalue weighted by atomic mass is 31.1. The van der Waals surface area contributed by atoms with Crippen LogP contribution in [0, 0.1) is 0 Å². The summed E-state index contributed by atoms with van der Waals surface area (Å²) < 4.78 is 0. The van der Waals surface area contributed by atoms with Gasteiger partial charge in [-0.1, -0.05) is 155 Å². The van der Waals surface area contributed by atoms with Gasteiger partial charge in [0.1, 0.15) is 0 Å². The Morgan fingerprint density at radius 1 is 0.771 bits per heavy atom. The smallest absolute Gasteiger partial charge is 0.0647 e. The summed E-state index contributed by atoms with van der Waals surface area (Å²) in [6, 6.07) is 39.6. The van der Waals surface area contributed by atoms with Gasteiger partial charge in [-0.05, 0) is 90.4 Å². The zero-order valence-electron chi connectivity index (χ0n) is 29.2. The number of benzene rings is 5. The van der Waals surface area contributed by atoms with Crippen molar-refractivity contribution in [2.24, 2.45) is 0 Å². The minimum atomic E-state index is -0.653. The summed E-state index contributed by atoms with van der Waals surface area (Å²) in [5.41, 5.74) is 18.7. The van der Waals surface area contributed by atoms with Crippen molar-refractivity contribution in [1.29, 1.82) is 0 Å². The molecule has 0 saturated heterocycles. The zero-order chi connectivity index (χ0) is 34.0. The van der Waals surface area contributed by atoms with Crippen LogP contribution in [0.4, 0.5) is 17.1 Å². The molecule has 2 N–H and O–H groups in total. The van der Waals surface area contributed by atoms with Gasteiger partial charge in [0.05, 0.1) is 17.1 Å². The topological polar surface area (TPSA) is 29.3 Å². The molecule has 0 amide bonds. The van der Waals surface area contributed by atoms with Crippen LogP contribution >= 0.6 is 7.92 Å². The van der Waals surface area contributed by atoms with Gasteiger partial charge in [-0.25, -0.2) is 0 Å². The summed E-state index contributed by atoms with van der Waals surface area (Å²) in [7, 11) is -0.653. The monoisotopic (exact) mass is 648 g/mol. The van der Waals surface area contributed by atoms with E-state index in [1.54, 1.807) is 0 Å². The van der Waals surface area contributed by atoms with Gasteiger partial charge in [0, 0.05) is 17.8 Å². The quantitative estimate of drug-likeness (QED) is 0.0927. The third kappa shape index (κ3) is 6.96. The molecular weight excluding hydrogens is 599 g/mol. The molecule has 0 radical (unpaired) electrons. The summed E-state index contributed by atoms with van der Waals surface area (Å²) in [6.45, 7) is 15.7. The van der Waals surface area contributed by atoms with E-state index < -0.39 is 7.92 Å². The first kappa shape index (κ1) is 34.7. The van der Waals surface area contributed by atoms with Gasteiger partial charge >= 0.3 is 0 Å². The van der Waals surface area contributed by atoms with Crippen LogP contribution in [-0.2, 0) is 6.54 Å². The lowest BCUT2D eigenvalue weighted by molar-refractivity contribution is 0.822. The number of nitrogen functional groups attached to an aromatic ring is 1. The predicted molar refractivity (Wildman–Crippen MR) is 216 cm³/mol. The lowest BCUT2D eigenvalue weighted by atomic mass is 9.89. The molecule has 0 aromatic heterocycles. The maximum atomic E-state index is 6.57. The second-order valence-electron chi connectivity index (χ2n) is 11.8. The van der Waals surface area contributed by atoms with Crippen LogP contribution in [0.3, 0.4) is 0 Å². The van der Waals surface area contributed by atoms with Gasteiger partial charge in [-0.3, -0.25) is 0 Å².